The van der Waals surface area contributed by atoms with E-state index in [1.54, 1.807) is 11.8 Å². The summed E-state index contributed by atoms with van der Waals surface area (Å²) >= 11 is 1.60. The van der Waals surface area contributed by atoms with Gasteiger partial charge in [0.2, 0.25) is 0 Å². The molecule has 1 aliphatic rings. The normalized spacial score (nSPS) is 24.5. The second-order valence-electron chi connectivity index (χ2n) is 2.89. The molecule has 0 saturated heterocycles. The lowest BCUT2D eigenvalue weighted by atomic mass is 10.2. The van der Waals surface area contributed by atoms with Gasteiger partial charge >= 0.3 is 0 Å². The maximum absolute atomic E-state index is 8.85. The number of thioether (sulfide) groups is 1. The SMILES string of the molecule is C=C1SC(C(C)C)=N[C@H]1CO. The summed E-state index contributed by atoms with van der Waals surface area (Å²) in [6.45, 7) is 8.11. The molecule has 1 heterocycles. The van der Waals surface area contributed by atoms with Crippen LogP contribution in [0.1, 0.15) is 13.8 Å². The molecule has 0 aliphatic carbocycles. The van der Waals surface area contributed by atoms with Gasteiger partial charge in [0.05, 0.1) is 11.7 Å². The van der Waals surface area contributed by atoms with E-state index in [-0.39, 0.29) is 12.6 Å². The fourth-order valence-corrected chi connectivity index (χ4v) is 1.81. The lowest BCUT2D eigenvalue weighted by molar-refractivity contribution is 0.284. The average molecular weight is 171 g/mol. The van der Waals surface area contributed by atoms with Crippen molar-refractivity contribution in [1.82, 2.24) is 0 Å². The van der Waals surface area contributed by atoms with Crippen LogP contribution < -0.4 is 0 Å². The zero-order chi connectivity index (χ0) is 8.43. The smallest absolute Gasteiger partial charge is 0.104 e. The highest BCUT2D eigenvalue weighted by Crippen LogP contribution is 2.32. The van der Waals surface area contributed by atoms with Crippen molar-refractivity contribution in [2.75, 3.05) is 6.61 Å². The molecule has 0 radical (unpaired) electrons. The first-order valence-corrected chi connectivity index (χ1v) is 4.52. The molecular weight excluding hydrogens is 158 g/mol. The highest BCUT2D eigenvalue weighted by molar-refractivity contribution is 8.17. The molecule has 2 nitrogen and oxygen atoms in total. The summed E-state index contributed by atoms with van der Waals surface area (Å²) in [5.74, 6) is 0.452. The minimum Gasteiger partial charge on any atom is -0.394 e. The van der Waals surface area contributed by atoms with Crippen LogP contribution in [0.25, 0.3) is 0 Å². The van der Waals surface area contributed by atoms with Crippen molar-refractivity contribution < 1.29 is 5.11 Å². The van der Waals surface area contributed by atoms with Gasteiger partial charge in [-0.15, -0.1) is 0 Å². The van der Waals surface area contributed by atoms with Gasteiger partial charge in [-0.05, 0) is 0 Å². The number of hydrogen-bond donors (Lipinski definition) is 1. The Bertz CT molecular complexity index is 198. The molecule has 0 amide bonds. The number of aliphatic hydroxyl groups is 1. The van der Waals surface area contributed by atoms with E-state index in [4.69, 9.17) is 5.11 Å². The van der Waals surface area contributed by atoms with E-state index in [1.807, 2.05) is 0 Å². The van der Waals surface area contributed by atoms with Crippen LogP contribution >= 0.6 is 11.8 Å². The number of aliphatic imine (C=N–C) groups is 1. The van der Waals surface area contributed by atoms with Gasteiger partial charge in [0.1, 0.15) is 6.04 Å². The van der Waals surface area contributed by atoms with E-state index < -0.39 is 0 Å². The molecule has 0 spiro atoms. The molecule has 0 aromatic carbocycles. The summed E-state index contributed by atoms with van der Waals surface area (Å²) in [5.41, 5.74) is 0. The van der Waals surface area contributed by atoms with Crippen LogP contribution in [0.2, 0.25) is 0 Å². The molecule has 0 bridgehead atoms. The summed E-state index contributed by atoms with van der Waals surface area (Å²) in [6, 6.07) is -0.0580. The Balaban J connectivity index is 2.67. The number of rotatable bonds is 2. The Kier molecular flexibility index (Phi) is 2.73. The Hall–Kier alpha value is -0.280. The minimum absolute atomic E-state index is 0.0580. The molecular formula is C8H13NOS. The molecule has 3 heteroatoms. The van der Waals surface area contributed by atoms with Crippen LogP contribution in [0.3, 0.4) is 0 Å². The molecule has 0 aromatic rings. The first-order chi connectivity index (χ1) is 5.15. The minimum atomic E-state index is -0.0580. The van der Waals surface area contributed by atoms with Crippen molar-refractivity contribution in [2.45, 2.75) is 19.9 Å². The molecule has 0 fully saturated rings. The Morgan fingerprint density at radius 2 is 2.36 bits per heavy atom. The van der Waals surface area contributed by atoms with Gasteiger partial charge in [-0.1, -0.05) is 32.2 Å². The predicted molar refractivity (Wildman–Crippen MR) is 49.9 cm³/mol. The Labute approximate surface area is 71.4 Å². The number of hydrogen-bond acceptors (Lipinski definition) is 3. The van der Waals surface area contributed by atoms with Gasteiger partial charge in [0, 0.05) is 10.8 Å². The van der Waals surface area contributed by atoms with Crippen LogP contribution in [0.5, 0.6) is 0 Å². The topological polar surface area (TPSA) is 32.6 Å². The second-order valence-corrected chi connectivity index (χ2v) is 4.04. The maximum atomic E-state index is 8.85. The van der Waals surface area contributed by atoms with E-state index in [0.717, 1.165) is 9.95 Å². The van der Waals surface area contributed by atoms with Crippen molar-refractivity contribution in [3.63, 3.8) is 0 Å². The van der Waals surface area contributed by atoms with Crippen LogP contribution in [0.15, 0.2) is 16.5 Å². The van der Waals surface area contributed by atoms with Crippen LogP contribution in [-0.2, 0) is 0 Å². The molecule has 62 valence electrons. The molecule has 0 unspecified atom stereocenters. The van der Waals surface area contributed by atoms with E-state index in [1.165, 1.54) is 0 Å². The number of nitrogens with zero attached hydrogens (tertiary/aromatic N) is 1. The third kappa shape index (κ3) is 1.84. The number of aliphatic hydroxyl groups excluding tert-OH is 1. The third-order valence-corrected chi connectivity index (χ3v) is 2.88. The third-order valence-electron chi connectivity index (χ3n) is 1.56. The van der Waals surface area contributed by atoms with Gasteiger partial charge < -0.3 is 5.11 Å². The van der Waals surface area contributed by atoms with Gasteiger partial charge in [-0.25, -0.2) is 0 Å². The van der Waals surface area contributed by atoms with Gasteiger partial charge in [0.15, 0.2) is 0 Å². The molecule has 1 aliphatic heterocycles. The zero-order valence-electron chi connectivity index (χ0n) is 6.87. The fourth-order valence-electron chi connectivity index (χ4n) is 0.864. The van der Waals surface area contributed by atoms with E-state index in [2.05, 4.69) is 25.4 Å². The fraction of sp³-hybridized carbons (Fsp3) is 0.625. The average Bonchev–Trinajstić information content (AvgIpc) is 2.31. The highest BCUT2D eigenvalue weighted by Gasteiger charge is 2.22. The van der Waals surface area contributed by atoms with Gasteiger partial charge in [-0.2, -0.15) is 0 Å². The standard InChI is InChI=1S/C8H13NOS/c1-5(2)8-9-7(4-10)6(3)11-8/h5,7,10H,3-4H2,1-2H3/t7-/m0/s1. The molecule has 1 N–H and O–H groups in total. The van der Waals surface area contributed by atoms with Gasteiger partial charge in [0.25, 0.3) is 0 Å². The second kappa shape index (κ2) is 3.41. The highest BCUT2D eigenvalue weighted by atomic mass is 32.2. The van der Waals surface area contributed by atoms with Crippen molar-refractivity contribution in [2.24, 2.45) is 10.9 Å². The Morgan fingerprint density at radius 1 is 1.73 bits per heavy atom. The predicted octanol–water partition coefficient (Wildman–Crippen LogP) is 1.66. The summed E-state index contributed by atoms with van der Waals surface area (Å²) < 4.78 is 0. The van der Waals surface area contributed by atoms with E-state index >= 15 is 0 Å². The van der Waals surface area contributed by atoms with Crippen molar-refractivity contribution in [3.8, 4) is 0 Å². The van der Waals surface area contributed by atoms with Gasteiger partial charge in [-0.3, -0.25) is 4.99 Å². The molecule has 1 rings (SSSR count). The molecule has 11 heavy (non-hydrogen) atoms. The van der Waals surface area contributed by atoms with E-state index in [9.17, 15) is 0 Å². The molecule has 1 atom stereocenters. The summed E-state index contributed by atoms with van der Waals surface area (Å²) in [5, 5.41) is 9.95. The quantitative estimate of drug-likeness (QED) is 0.685. The maximum Gasteiger partial charge on any atom is 0.104 e. The molecule has 0 aromatic heterocycles. The van der Waals surface area contributed by atoms with Crippen molar-refractivity contribution in [3.05, 3.63) is 11.5 Å². The summed E-state index contributed by atoms with van der Waals surface area (Å²) in [4.78, 5) is 5.29. The first-order valence-electron chi connectivity index (χ1n) is 3.70. The lowest BCUT2D eigenvalue weighted by Crippen LogP contribution is -2.06. The summed E-state index contributed by atoms with van der Waals surface area (Å²) in [6.07, 6.45) is 0. The first kappa shape index (κ1) is 8.81. The van der Waals surface area contributed by atoms with Crippen LogP contribution in [0, 0.1) is 5.92 Å². The van der Waals surface area contributed by atoms with Crippen molar-refractivity contribution >= 4 is 16.8 Å². The largest absolute Gasteiger partial charge is 0.394 e. The van der Waals surface area contributed by atoms with E-state index in [0.29, 0.717) is 5.92 Å². The molecule has 0 saturated carbocycles. The Morgan fingerprint density at radius 3 is 2.64 bits per heavy atom. The summed E-state index contributed by atoms with van der Waals surface area (Å²) in [7, 11) is 0. The lowest BCUT2D eigenvalue weighted by Gasteiger charge is -2.00. The van der Waals surface area contributed by atoms with Crippen molar-refractivity contribution in [1.29, 1.82) is 0 Å². The van der Waals surface area contributed by atoms with Crippen LogP contribution in [0.4, 0.5) is 0 Å². The zero-order valence-corrected chi connectivity index (χ0v) is 7.69. The monoisotopic (exact) mass is 171 g/mol. The van der Waals surface area contributed by atoms with Crippen LogP contribution in [-0.4, -0.2) is 22.8 Å².